The van der Waals surface area contributed by atoms with Crippen LogP contribution in [-0.4, -0.2) is 10.3 Å². The summed E-state index contributed by atoms with van der Waals surface area (Å²) in [6, 6.07) is 9.22. The third-order valence-electron chi connectivity index (χ3n) is 1.21. The molecule has 0 bridgehead atoms. The highest BCUT2D eigenvalue weighted by Gasteiger charge is 2.07. The Kier molecular flexibility index (Phi) is 3.31. The van der Waals surface area contributed by atoms with E-state index < -0.39 is 11.4 Å². The number of hydrogen-bond acceptors (Lipinski definition) is 2. The molecule has 3 heteroatoms. The van der Waals surface area contributed by atoms with Crippen molar-refractivity contribution in [3.63, 3.8) is 0 Å². The molecule has 0 aliphatic heterocycles. The van der Waals surface area contributed by atoms with E-state index in [1.165, 1.54) is 0 Å². The van der Waals surface area contributed by atoms with Crippen molar-refractivity contribution in [3.05, 3.63) is 30.3 Å². The van der Waals surface area contributed by atoms with Crippen LogP contribution in [0.4, 0.5) is 0 Å². The topological polar surface area (TPSA) is 35.4 Å². The smallest absolute Gasteiger partial charge is 0.182 e. The molecule has 64 valence electrons. The first-order valence-electron chi connectivity index (χ1n) is 3.69. The second-order valence-electron chi connectivity index (χ2n) is 2.60. The van der Waals surface area contributed by atoms with Gasteiger partial charge in [-0.2, -0.15) is 0 Å². The molecule has 1 aromatic rings. The maximum absolute atomic E-state index is 11.4. The molecule has 0 fully saturated rings. The summed E-state index contributed by atoms with van der Waals surface area (Å²) in [5, 5.41) is 0. The number of rotatable bonds is 2. The van der Waals surface area contributed by atoms with Crippen LogP contribution in [-0.2, 0) is 11.4 Å². The van der Waals surface area contributed by atoms with Crippen LogP contribution in [0.15, 0.2) is 39.6 Å². The lowest BCUT2D eigenvalue weighted by Crippen LogP contribution is -1.98. The van der Waals surface area contributed by atoms with Gasteiger partial charge in [-0.25, -0.2) is 0 Å². The van der Waals surface area contributed by atoms with Gasteiger partial charge in [-0.1, -0.05) is 22.6 Å². The molecular weight excluding hydrogens is 170 g/mol. The van der Waals surface area contributed by atoms with Crippen LogP contribution in [0.3, 0.4) is 0 Å². The summed E-state index contributed by atoms with van der Waals surface area (Å²) in [6.45, 7) is 3.67. The molecular formula is C9H11NOS. The van der Waals surface area contributed by atoms with Crippen LogP contribution in [0, 0.1) is 0 Å². The highest BCUT2D eigenvalue weighted by molar-refractivity contribution is 7.90. The molecule has 1 atom stereocenters. The van der Waals surface area contributed by atoms with Gasteiger partial charge in [-0.15, -0.1) is 0 Å². The van der Waals surface area contributed by atoms with Crippen molar-refractivity contribution in [2.45, 2.75) is 18.7 Å². The van der Waals surface area contributed by atoms with Gasteiger partial charge in [0.25, 0.3) is 0 Å². The van der Waals surface area contributed by atoms with Crippen LogP contribution in [0.1, 0.15) is 13.8 Å². The first kappa shape index (κ1) is 9.29. The Labute approximate surface area is 75.7 Å². The molecule has 0 aliphatic carbocycles. The molecule has 0 saturated heterocycles. The van der Waals surface area contributed by atoms with E-state index in [1.807, 2.05) is 44.2 Å². The van der Waals surface area contributed by atoms with Gasteiger partial charge in [0.2, 0.25) is 0 Å². The molecule has 0 aromatic heterocycles. The SMILES string of the molecule is CC(C)=N[S+]([O-])c1ccccc1. The quantitative estimate of drug-likeness (QED) is 0.509. The number of benzene rings is 1. The summed E-state index contributed by atoms with van der Waals surface area (Å²) in [7, 11) is 0. The van der Waals surface area contributed by atoms with Crippen LogP contribution >= 0.6 is 0 Å². The van der Waals surface area contributed by atoms with E-state index in [9.17, 15) is 4.55 Å². The summed E-state index contributed by atoms with van der Waals surface area (Å²) in [5.41, 5.74) is 0.831. The van der Waals surface area contributed by atoms with Crippen molar-refractivity contribution in [3.8, 4) is 0 Å². The molecule has 2 nitrogen and oxygen atoms in total. The van der Waals surface area contributed by atoms with E-state index >= 15 is 0 Å². The zero-order chi connectivity index (χ0) is 8.97. The number of nitrogens with zero attached hydrogens (tertiary/aromatic N) is 1. The maximum Gasteiger partial charge on any atom is 0.182 e. The Balaban J connectivity index is 2.79. The van der Waals surface area contributed by atoms with Crippen molar-refractivity contribution in [1.82, 2.24) is 0 Å². The van der Waals surface area contributed by atoms with Gasteiger partial charge in [0.15, 0.2) is 4.90 Å². The zero-order valence-electron chi connectivity index (χ0n) is 7.15. The largest absolute Gasteiger partial charge is 0.586 e. The molecule has 0 amide bonds. The molecule has 1 aromatic carbocycles. The van der Waals surface area contributed by atoms with Crippen molar-refractivity contribution < 1.29 is 4.55 Å². The highest BCUT2D eigenvalue weighted by Crippen LogP contribution is 2.10. The number of hydrogen-bond donors (Lipinski definition) is 0. The van der Waals surface area contributed by atoms with E-state index in [1.54, 1.807) is 0 Å². The van der Waals surface area contributed by atoms with Crippen molar-refractivity contribution in [2.24, 2.45) is 4.40 Å². The predicted octanol–water partition coefficient (Wildman–Crippen LogP) is 2.19. The summed E-state index contributed by atoms with van der Waals surface area (Å²) in [4.78, 5) is 0.749. The molecule has 1 rings (SSSR count). The van der Waals surface area contributed by atoms with Gasteiger partial charge in [-0.3, -0.25) is 0 Å². The molecule has 1 unspecified atom stereocenters. The lowest BCUT2D eigenvalue weighted by Gasteiger charge is -2.01. The molecule has 0 N–H and O–H groups in total. The Morgan fingerprint density at radius 1 is 1.25 bits per heavy atom. The molecule has 12 heavy (non-hydrogen) atoms. The summed E-state index contributed by atoms with van der Waals surface area (Å²) in [6.07, 6.45) is 0. The van der Waals surface area contributed by atoms with Gasteiger partial charge in [0.05, 0.1) is 5.71 Å². The lowest BCUT2D eigenvalue weighted by molar-refractivity contribution is 0.597. The zero-order valence-corrected chi connectivity index (χ0v) is 7.97. The van der Waals surface area contributed by atoms with E-state index in [2.05, 4.69) is 4.40 Å². The van der Waals surface area contributed by atoms with Gasteiger partial charge in [0.1, 0.15) is 11.4 Å². The predicted molar refractivity (Wildman–Crippen MR) is 51.6 cm³/mol. The van der Waals surface area contributed by atoms with E-state index in [0.29, 0.717) is 0 Å². The summed E-state index contributed by atoms with van der Waals surface area (Å²) >= 11 is -1.23. The fourth-order valence-corrected chi connectivity index (χ4v) is 1.58. The fraction of sp³-hybridized carbons (Fsp3) is 0.222. The average molecular weight is 181 g/mol. The lowest BCUT2D eigenvalue weighted by atomic mass is 10.4. The minimum absolute atomic E-state index is 0.749. The second kappa shape index (κ2) is 4.28. The first-order valence-corrected chi connectivity index (χ1v) is 4.79. The summed E-state index contributed by atoms with van der Waals surface area (Å²) < 4.78 is 15.3. The van der Waals surface area contributed by atoms with E-state index in [0.717, 1.165) is 10.6 Å². The Morgan fingerprint density at radius 3 is 2.33 bits per heavy atom. The maximum atomic E-state index is 11.4. The molecule has 0 heterocycles. The standard InChI is InChI=1S/C9H11NOS/c1-8(2)10-12(11)9-6-4-3-5-7-9/h3-7H,1-2H3. The average Bonchev–Trinajstić information content (AvgIpc) is 2.05. The van der Waals surface area contributed by atoms with Gasteiger partial charge in [0, 0.05) is 0 Å². The van der Waals surface area contributed by atoms with Gasteiger partial charge < -0.3 is 4.55 Å². The normalized spacial score (nSPS) is 12.2. The van der Waals surface area contributed by atoms with E-state index in [-0.39, 0.29) is 0 Å². The van der Waals surface area contributed by atoms with Crippen LogP contribution in [0.25, 0.3) is 0 Å². The van der Waals surface area contributed by atoms with Gasteiger partial charge in [-0.05, 0) is 26.0 Å². The van der Waals surface area contributed by atoms with Gasteiger partial charge >= 0.3 is 0 Å². The minimum Gasteiger partial charge on any atom is -0.586 e. The molecule has 0 spiro atoms. The van der Waals surface area contributed by atoms with Crippen LogP contribution in [0.5, 0.6) is 0 Å². The van der Waals surface area contributed by atoms with Crippen LogP contribution in [0.2, 0.25) is 0 Å². The molecule has 0 saturated carbocycles. The third kappa shape index (κ3) is 2.68. The monoisotopic (exact) mass is 181 g/mol. The Hall–Kier alpha value is -0.800. The Morgan fingerprint density at radius 2 is 1.83 bits per heavy atom. The second-order valence-corrected chi connectivity index (χ2v) is 3.75. The third-order valence-corrected chi connectivity index (χ3v) is 2.42. The first-order chi connectivity index (χ1) is 5.70. The molecule has 0 radical (unpaired) electrons. The highest BCUT2D eigenvalue weighted by atomic mass is 32.2. The Bertz CT molecular complexity index is 267. The van der Waals surface area contributed by atoms with Crippen molar-refractivity contribution in [1.29, 1.82) is 0 Å². The van der Waals surface area contributed by atoms with Crippen molar-refractivity contribution in [2.75, 3.05) is 0 Å². The minimum atomic E-state index is -1.23. The fourth-order valence-electron chi connectivity index (χ4n) is 0.755. The van der Waals surface area contributed by atoms with E-state index in [4.69, 9.17) is 0 Å². The summed E-state index contributed by atoms with van der Waals surface area (Å²) in [5.74, 6) is 0. The molecule has 0 aliphatic rings. The van der Waals surface area contributed by atoms with Crippen molar-refractivity contribution >= 4 is 17.1 Å². The van der Waals surface area contributed by atoms with Crippen LogP contribution < -0.4 is 0 Å².